The van der Waals surface area contributed by atoms with Crippen LogP contribution in [-0.2, 0) is 11.3 Å². The Morgan fingerprint density at radius 3 is 2.71 bits per heavy atom. The van der Waals surface area contributed by atoms with Crippen LogP contribution in [0.5, 0.6) is 0 Å². The molecule has 1 amide bonds. The van der Waals surface area contributed by atoms with Gasteiger partial charge in [0, 0.05) is 24.4 Å². The fraction of sp³-hybridized carbons (Fsp3) is 0.588. The van der Waals surface area contributed by atoms with Crippen LogP contribution in [0, 0.1) is 5.92 Å². The molecule has 0 spiro atoms. The van der Waals surface area contributed by atoms with Gasteiger partial charge in [-0.05, 0) is 49.7 Å². The first kappa shape index (κ1) is 16.4. The van der Waals surface area contributed by atoms with Crippen molar-refractivity contribution >= 4 is 17.7 Å². The largest absolute Gasteiger partial charge is 0.356 e. The molecule has 2 rings (SSSR count). The quantitative estimate of drug-likeness (QED) is 0.820. The lowest BCUT2D eigenvalue weighted by atomic mass is 9.96. The molecule has 0 unspecified atom stereocenters. The van der Waals surface area contributed by atoms with E-state index in [1.807, 2.05) is 18.7 Å². The fourth-order valence-corrected chi connectivity index (χ4v) is 3.42. The summed E-state index contributed by atoms with van der Waals surface area (Å²) in [7, 11) is 0. The number of benzene rings is 1. The fourth-order valence-electron chi connectivity index (χ4n) is 2.81. The van der Waals surface area contributed by atoms with E-state index in [9.17, 15) is 4.79 Å². The van der Waals surface area contributed by atoms with Crippen molar-refractivity contribution < 1.29 is 4.79 Å². The van der Waals surface area contributed by atoms with Gasteiger partial charge in [0.05, 0.1) is 0 Å². The number of likely N-dealkylation sites (tertiary alicyclic amines) is 1. The number of rotatable bonds is 6. The summed E-state index contributed by atoms with van der Waals surface area (Å²) in [5, 5.41) is 3.02. The minimum atomic E-state index is 0.173. The van der Waals surface area contributed by atoms with Gasteiger partial charge in [-0.1, -0.05) is 25.1 Å². The number of nitrogens with zero attached hydrogens (tertiary/aromatic N) is 1. The molecule has 0 radical (unpaired) electrons. The highest BCUT2D eigenvalue weighted by atomic mass is 32.2. The highest BCUT2D eigenvalue weighted by Crippen LogP contribution is 2.24. The van der Waals surface area contributed by atoms with Crippen molar-refractivity contribution in [1.82, 2.24) is 10.2 Å². The van der Waals surface area contributed by atoms with Gasteiger partial charge < -0.3 is 5.32 Å². The lowest BCUT2D eigenvalue weighted by Crippen LogP contribution is -2.38. The Bertz CT molecular complexity index is 456. The van der Waals surface area contributed by atoms with E-state index in [2.05, 4.69) is 40.7 Å². The average molecular weight is 306 g/mol. The van der Waals surface area contributed by atoms with Crippen LogP contribution in [-0.4, -0.2) is 36.7 Å². The van der Waals surface area contributed by atoms with Crippen LogP contribution >= 0.6 is 11.8 Å². The molecule has 1 aromatic carbocycles. The lowest BCUT2D eigenvalue weighted by Gasteiger charge is -2.32. The summed E-state index contributed by atoms with van der Waals surface area (Å²) in [6.45, 7) is 6.07. The summed E-state index contributed by atoms with van der Waals surface area (Å²) in [5.74, 6) is 0.818. The average Bonchev–Trinajstić information content (AvgIpc) is 2.54. The molecule has 0 bridgehead atoms. The van der Waals surface area contributed by atoms with Crippen LogP contribution in [0.3, 0.4) is 0 Å². The van der Waals surface area contributed by atoms with Crippen LogP contribution in [0.1, 0.15) is 31.7 Å². The van der Waals surface area contributed by atoms with E-state index < -0.39 is 0 Å². The third kappa shape index (κ3) is 5.04. The summed E-state index contributed by atoms with van der Waals surface area (Å²) < 4.78 is 0. The number of nitrogens with one attached hydrogen (secondary N) is 1. The predicted octanol–water partition coefficient (Wildman–Crippen LogP) is 3.15. The van der Waals surface area contributed by atoms with E-state index in [1.54, 1.807) is 0 Å². The van der Waals surface area contributed by atoms with Crippen molar-refractivity contribution in [2.24, 2.45) is 5.92 Å². The molecule has 0 saturated carbocycles. The molecule has 3 nitrogen and oxygen atoms in total. The molecule has 0 aliphatic carbocycles. The number of piperidine rings is 1. The van der Waals surface area contributed by atoms with Gasteiger partial charge in [-0.15, -0.1) is 11.8 Å². The van der Waals surface area contributed by atoms with Gasteiger partial charge in [0.25, 0.3) is 0 Å². The minimum absolute atomic E-state index is 0.173. The number of carbonyl (C=O) groups excluding carboxylic acids is 1. The van der Waals surface area contributed by atoms with Gasteiger partial charge in [0.15, 0.2) is 0 Å². The smallest absolute Gasteiger partial charge is 0.219 e. The molecule has 116 valence electrons. The lowest BCUT2D eigenvalue weighted by molar-refractivity contribution is -0.121. The number of amides is 1. The standard InChI is InChI=1S/C17H26N2OS/c1-3-17(20)18-12-14-8-10-19(11-9-14)13-15-6-4-5-7-16(15)21-2/h4-7,14H,3,8-13H2,1-2H3,(H,18,20). The van der Waals surface area contributed by atoms with Crippen molar-refractivity contribution in [1.29, 1.82) is 0 Å². The topological polar surface area (TPSA) is 32.3 Å². The van der Waals surface area contributed by atoms with E-state index in [1.165, 1.54) is 23.3 Å². The predicted molar refractivity (Wildman–Crippen MR) is 89.5 cm³/mol. The van der Waals surface area contributed by atoms with Crippen LogP contribution in [0.2, 0.25) is 0 Å². The highest BCUT2D eigenvalue weighted by Gasteiger charge is 2.20. The first-order valence-electron chi connectivity index (χ1n) is 7.84. The van der Waals surface area contributed by atoms with Gasteiger partial charge in [0.2, 0.25) is 5.91 Å². The van der Waals surface area contributed by atoms with Crippen LogP contribution < -0.4 is 5.32 Å². The Balaban J connectivity index is 1.77. The summed E-state index contributed by atoms with van der Waals surface area (Å²) in [5.41, 5.74) is 1.43. The van der Waals surface area contributed by atoms with E-state index in [0.717, 1.165) is 26.2 Å². The number of carbonyl (C=O) groups is 1. The van der Waals surface area contributed by atoms with E-state index >= 15 is 0 Å². The third-order valence-electron chi connectivity index (χ3n) is 4.20. The maximum Gasteiger partial charge on any atom is 0.219 e. The summed E-state index contributed by atoms with van der Waals surface area (Å²) in [6.07, 6.45) is 5.10. The Kier molecular flexibility index (Phi) is 6.58. The molecule has 0 aromatic heterocycles. The SMILES string of the molecule is CCC(=O)NCC1CCN(Cc2ccccc2SC)CC1. The maximum absolute atomic E-state index is 11.3. The molecule has 4 heteroatoms. The Labute approximate surface area is 132 Å². The van der Waals surface area contributed by atoms with Gasteiger partial charge >= 0.3 is 0 Å². The molecular formula is C17H26N2OS. The molecule has 1 heterocycles. The van der Waals surface area contributed by atoms with Crippen molar-refractivity contribution in [3.63, 3.8) is 0 Å². The zero-order valence-corrected chi connectivity index (χ0v) is 13.9. The van der Waals surface area contributed by atoms with Crippen molar-refractivity contribution in [3.05, 3.63) is 29.8 Å². The maximum atomic E-state index is 11.3. The Morgan fingerprint density at radius 2 is 2.05 bits per heavy atom. The number of hydrogen-bond donors (Lipinski definition) is 1. The molecule has 21 heavy (non-hydrogen) atoms. The minimum Gasteiger partial charge on any atom is -0.356 e. The molecule has 1 N–H and O–H groups in total. The van der Waals surface area contributed by atoms with E-state index in [-0.39, 0.29) is 5.91 Å². The van der Waals surface area contributed by atoms with Crippen LogP contribution in [0.15, 0.2) is 29.2 Å². The van der Waals surface area contributed by atoms with Crippen LogP contribution in [0.25, 0.3) is 0 Å². The van der Waals surface area contributed by atoms with Gasteiger partial charge in [-0.2, -0.15) is 0 Å². The second-order valence-corrected chi connectivity index (χ2v) is 6.54. The molecule has 1 saturated heterocycles. The van der Waals surface area contributed by atoms with Gasteiger partial charge in [-0.3, -0.25) is 9.69 Å². The zero-order valence-electron chi connectivity index (χ0n) is 13.1. The number of hydrogen-bond acceptors (Lipinski definition) is 3. The second-order valence-electron chi connectivity index (χ2n) is 5.69. The van der Waals surface area contributed by atoms with E-state index in [4.69, 9.17) is 0 Å². The van der Waals surface area contributed by atoms with Crippen molar-refractivity contribution in [2.75, 3.05) is 25.9 Å². The molecular weight excluding hydrogens is 280 g/mol. The van der Waals surface area contributed by atoms with Crippen LogP contribution in [0.4, 0.5) is 0 Å². The van der Waals surface area contributed by atoms with Gasteiger partial charge in [-0.25, -0.2) is 0 Å². The first-order chi connectivity index (χ1) is 10.2. The number of thioether (sulfide) groups is 1. The van der Waals surface area contributed by atoms with E-state index in [0.29, 0.717) is 12.3 Å². The zero-order chi connectivity index (χ0) is 15.1. The summed E-state index contributed by atoms with van der Waals surface area (Å²) >= 11 is 1.82. The second kappa shape index (κ2) is 8.44. The molecule has 0 atom stereocenters. The van der Waals surface area contributed by atoms with Crippen molar-refractivity contribution in [3.8, 4) is 0 Å². The Morgan fingerprint density at radius 1 is 1.33 bits per heavy atom. The summed E-state index contributed by atoms with van der Waals surface area (Å²) in [6, 6.07) is 8.67. The van der Waals surface area contributed by atoms with Gasteiger partial charge in [0.1, 0.15) is 0 Å². The monoisotopic (exact) mass is 306 g/mol. The Hall–Kier alpha value is -1.00. The third-order valence-corrected chi connectivity index (χ3v) is 5.04. The molecule has 1 fully saturated rings. The highest BCUT2D eigenvalue weighted by molar-refractivity contribution is 7.98. The molecule has 1 aliphatic rings. The molecule has 1 aromatic rings. The molecule has 1 aliphatic heterocycles. The van der Waals surface area contributed by atoms with Crippen molar-refractivity contribution in [2.45, 2.75) is 37.6 Å². The summed E-state index contributed by atoms with van der Waals surface area (Å²) in [4.78, 5) is 15.2. The first-order valence-corrected chi connectivity index (χ1v) is 9.06. The normalized spacial score (nSPS) is 16.9.